The largest absolute Gasteiger partial charge is 0.450 e. The Bertz CT molecular complexity index is 476. The summed E-state index contributed by atoms with van der Waals surface area (Å²) >= 11 is 0. The summed E-state index contributed by atoms with van der Waals surface area (Å²) in [7, 11) is 3.54. The van der Waals surface area contributed by atoms with E-state index in [0.717, 1.165) is 37.8 Å². The van der Waals surface area contributed by atoms with Gasteiger partial charge >= 0.3 is 5.97 Å². The summed E-state index contributed by atoms with van der Waals surface area (Å²) in [6.45, 7) is 1.00. The summed E-state index contributed by atoms with van der Waals surface area (Å²) in [6, 6.07) is 0.620. The Morgan fingerprint density at radius 1 is 1.40 bits per heavy atom. The van der Waals surface area contributed by atoms with Crippen molar-refractivity contribution >= 4 is 5.97 Å². The van der Waals surface area contributed by atoms with Crippen LogP contribution >= 0.6 is 0 Å². The molecule has 0 aromatic heterocycles. The van der Waals surface area contributed by atoms with Gasteiger partial charge in [-0.25, -0.2) is 4.79 Å². The number of carbonyl (C=O) groups is 1. The summed E-state index contributed by atoms with van der Waals surface area (Å²) in [4.78, 5) is 14.3. The number of esters is 1. The molecule has 4 rings (SSSR count). The van der Waals surface area contributed by atoms with E-state index >= 15 is 0 Å². The van der Waals surface area contributed by atoms with Crippen LogP contribution in [0.2, 0.25) is 0 Å². The Morgan fingerprint density at radius 3 is 3.00 bits per heavy atom. The minimum atomic E-state index is -0.395. The van der Waals surface area contributed by atoms with Gasteiger partial charge in [0.2, 0.25) is 0 Å². The Morgan fingerprint density at radius 2 is 2.25 bits per heavy atom. The van der Waals surface area contributed by atoms with Gasteiger partial charge in [-0.15, -0.1) is 0 Å². The molecule has 4 aliphatic rings. The number of methoxy groups -OCH3 is 2. The van der Waals surface area contributed by atoms with Gasteiger partial charge < -0.3 is 14.2 Å². The van der Waals surface area contributed by atoms with Crippen molar-refractivity contribution < 1.29 is 19.0 Å². The van der Waals surface area contributed by atoms with E-state index in [4.69, 9.17) is 14.2 Å². The fourth-order valence-electron chi connectivity index (χ4n) is 4.75. The first-order valence-electron chi connectivity index (χ1n) is 7.43. The maximum atomic E-state index is 11.8. The normalized spacial score (nSPS) is 46.7. The third-order valence-electron chi connectivity index (χ3n) is 5.68. The second-order valence-corrected chi connectivity index (χ2v) is 6.37. The summed E-state index contributed by atoms with van der Waals surface area (Å²) in [5.41, 5.74) is 0.739. The second-order valence-electron chi connectivity index (χ2n) is 6.37. The van der Waals surface area contributed by atoms with Crippen LogP contribution in [0, 0.1) is 0 Å². The number of hydrogen-bond donors (Lipinski definition) is 0. The summed E-state index contributed by atoms with van der Waals surface area (Å²) in [5.74, 6) is -0.183. The van der Waals surface area contributed by atoms with Gasteiger partial charge in [0.05, 0.1) is 18.2 Å². The molecule has 3 fully saturated rings. The van der Waals surface area contributed by atoms with Crippen molar-refractivity contribution in [1.29, 1.82) is 0 Å². The van der Waals surface area contributed by atoms with E-state index < -0.39 is 5.60 Å². The Balaban J connectivity index is 1.73. The molecular weight excluding hydrogens is 258 g/mol. The van der Waals surface area contributed by atoms with Crippen LogP contribution in [0.25, 0.3) is 0 Å². The molecule has 0 N–H and O–H groups in total. The molecule has 0 aromatic rings. The van der Waals surface area contributed by atoms with Gasteiger partial charge in [0.15, 0.2) is 5.60 Å². The SMILES string of the molecule is CO[C@H]1CCN2[C@@H](C1)[C@]13C[C@H]2[C@@H](OC)CC1=CC(=O)O3. The number of carbonyl (C=O) groups excluding carboxylic acids is 1. The Labute approximate surface area is 118 Å². The molecule has 5 heteroatoms. The smallest absolute Gasteiger partial charge is 0.331 e. The van der Waals surface area contributed by atoms with Gasteiger partial charge in [-0.2, -0.15) is 0 Å². The maximum absolute atomic E-state index is 11.8. The summed E-state index contributed by atoms with van der Waals surface area (Å²) in [6.07, 6.45) is 5.82. The van der Waals surface area contributed by atoms with Crippen molar-refractivity contribution in [2.45, 2.75) is 55.6 Å². The first-order chi connectivity index (χ1) is 9.68. The number of piperidine rings is 1. The predicted octanol–water partition coefficient (Wildman–Crippen LogP) is 0.879. The molecule has 0 aromatic carbocycles. The van der Waals surface area contributed by atoms with Gasteiger partial charge in [-0.3, -0.25) is 4.90 Å². The zero-order valence-electron chi connectivity index (χ0n) is 12.0. The molecule has 5 atom stereocenters. The zero-order chi connectivity index (χ0) is 13.9. The first kappa shape index (κ1) is 12.8. The van der Waals surface area contributed by atoms with E-state index in [-0.39, 0.29) is 24.2 Å². The molecule has 5 nitrogen and oxygen atoms in total. The summed E-state index contributed by atoms with van der Waals surface area (Å²) in [5, 5.41) is 0. The Kier molecular flexibility index (Phi) is 2.75. The topological polar surface area (TPSA) is 48.0 Å². The number of nitrogens with zero attached hydrogens (tertiary/aromatic N) is 1. The van der Waals surface area contributed by atoms with E-state index in [1.54, 1.807) is 20.3 Å². The van der Waals surface area contributed by atoms with Crippen LogP contribution in [-0.2, 0) is 19.0 Å². The number of rotatable bonds is 2. The van der Waals surface area contributed by atoms with E-state index in [0.29, 0.717) is 6.04 Å². The van der Waals surface area contributed by atoms with Crippen molar-refractivity contribution in [3.8, 4) is 0 Å². The molecule has 0 unspecified atom stereocenters. The zero-order valence-corrected chi connectivity index (χ0v) is 12.0. The maximum Gasteiger partial charge on any atom is 0.331 e. The quantitative estimate of drug-likeness (QED) is 0.702. The summed E-state index contributed by atoms with van der Waals surface area (Å²) < 4.78 is 17.1. The Hall–Kier alpha value is -0.910. The van der Waals surface area contributed by atoms with Gasteiger partial charge in [0.1, 0.15) is 0 Å². The molecule has 1 aliphatic carbocycles. The fourth-order valence-corrected chi connectivity index (χ4v) is 4.75. The molecule has 1 spiro atoms. The first-order valence-corrected chi connectivity index (χ1v) is 7.43. The lowest BCUT2D eigenvalue weighted by molar-refractivity contribution is -0.150. The minimum absolute atomic E-state index is 0.174. The fraction of sp³-hybridized carbons (Fsp3) is 0.800. The highest BCUT2D eigenvalue weighted by Gasteiger charge is 2.64. The van der Waals surface area contributed by atoms with Crippen LogP contribution in [0.15, 0.2) is 11.6 Å². The molecule has 0 amide bonds. The molecule has 2 saturated heterocycles. The van der Waals surface area contributed by atoms with Crippen molar-refractivity contribution in [1.82, 2.24) is 4.90 Å². The number of ether oxygens (including phenoxy) is 3. The lowest BCUT2D eigenvalue weighted by Crippen LogP contribution is -2.51. The molecule has 0 radical (unpaired) electrons. The highest BCUT2D eigenvalue weighted by molar-refractivity contribution is 5.87. The van der Waals surface area contributed by atoms with Crippen molar-refractivity contribution in [2.24, 2.45) is 0 Å². The molecule has 3 heterocycles. The van der Waals surface area contributed by atoms with E-state index in [2.05, 4.69) is 4.90 Å². The monoisotopic (exact) mass is 279 g/mol. The van der Waals surface area contributed by atoms with Crippen molar-refractivity contribution in [3.63, 3.8) is 0 Å². The lowest BCUT2D eigenvalue weighted by atomic mass is 9.76. The molecular formula is C15H21NO4. The van der Waals surface area contributed by atoms with Gasteiger partial charge in [-0.05, 0) is 18.4 Å². The third kappa shape index (κ3) is 1.51. The van der Waals surface area contributed by atoms with Gasteiger partial charge in [0.25, 0.3) is 0 Å². The average molecular weight is 279 g/mol. The van der Waals surface area contributed by atoms with E-state index in [9.17, 15) is 4.79 Å². The van der Waals surface area contributed by atoms with Crippen LogP contribution in [0.4, 0.5) is 0 Å². The van der Waals surface area contributed by atoms with Crippen molar-refractivity contribution in [2.75, 3.05) is 20.8 Å². The highest BCUT2D eigenvalue weighted by Crippen LogP contribution is 2.54. The standard InChI is InChI=1S/C15H21NO4/c1-18-10-3-4-16-11-8-15(13(16)7-10)9(5-12(11)19-2)6-14(17)20-15/h6,10-13H,3-5,7-8H2,1-2H3/t10-,11-,12-,13-,15-/m0/s1. The third-order valence-corrected chi connectivity index (χ3v) is 5.68. The lowest BCUT2D eigenvalue weighted by Gasteiger charge is -2.40. The molecule has 20 heavy (non-hydrogen) atoms. The van der Waals surface area contributed by atoms with Crippen LogP contribution < -0.4 is 0 Å². The number of fused-ring (bicyclic) bond motifs is 3. The minimum Gasteiger partial charge on any atom is -0.450 e. The van der Waals surface area contributed by atoms with Gasteiger partial charge in [-0.1, -0.05) is 0 Å². The van der Waals surface area contributed by atoms with E-state index in [1.807, 2.05) is 0 Å². The van der Waals surface area contributed by atoms with Crippen LogP contribution in [0.3, 0.4) is 0 Å². The molecule has 110 valence electrons. The van der Waals surface area contributed by atoms with Gasteiger partial charge in [0, 0.05) is 45.7 Å². The van der Waals surface area contributed by atoms with Crippen LogP contribution in [0.5, 0.6) is 0 Å². The molecule has 2 bridgehead atoms. The van der Waals surface area contributed by atoms with E-state index in [1.165, 1.54) is 0 Å². The number of hydrogen-bond acceptors (Lipinski definition) is 5. The molecule has 1 saturated carbocycles. The van der Waals surface area contributed by atoms with Crippen molar-refractivity contribution in [3.05, 3.63) is 11.6 Å². The average Bonchev–Trinajstić information content (AvgIpc) is 2.94. The predicted molar refractivity (Wildman–Crippen MR) is 71.3 cm³/mol. The van der Waals surface area contributed by atoms with Crippen LogP contribution in [0.1, 0.15) is 25.7 Å². The molecule has 3 aliphatic heterocycles. The second kappa shape index (κ2) is 4.29. The van der Waals surface area contributed by atoms with Crippen LogP contribution in [-0.4, -0.2) is 61.5 Å². The highest BCUT2D eigenvalue weighted by atomic mass is 16.6.